The molecule has 0 aliphatic rings. The molecule has 0 aliphatic heterocycles. The van der Waals surface area contributed by atoms with Crippen LogP contribution in [-0.4, -0.2) is 16.7 Å². The molecule has 2 aromatic rings. The van der Waals surface area contributed by atoms with E-state index in [1.165, 1.54) is 11.6 Å². The Morgan fingerprint density at radius 3 is 2.93 bits per heavy atom. The number of hydrogen-bond donors (Lipinski definition) is 1. The van der Waals surface area contributed by atoms with Crippen LogP contribution in [0.4, 0.5) is 0 Å². The van der Waals surface area contributed by atoms with Crippen molar-refractivity contribution < 1.29 is 4.74 Å². The molecule has 0 saturated carbocycles. The molecule has 76 valence electrons. The zero-order valence-corrected chi connectivity index (χ0v) is 8.37. The molecular formula is C10H9N3O2. The van der Waals surface area contributed by atoms with Gasteiger partial charge < -0.3 is 4.74 Å². The average Bonchev–Trinajstić information content (AvgIpc) is 2.53. The van der Waals surface area contributed by atoms with Gasteiger partial charge in [0.05, 0.1) is 12.7 Å². The second-order valence-corrected chi connectivity index (χ2v) is 3.19. The van der Waals surface area contributed by atoms with Gasteiger partial charge in [0.25, 0.3) is 5.56 Å². The van der Waals surface area contributed by atoms with Gasteiger partial charge in [0.15, 0.2) is 0 Å². The summed E-state index contributed by atoms with van der Waals surface area (Å²) in [7, 11) is 1.51. The van der Waals surface area contributed by atoms with Gasteiger partial charge in [-0.15, -0.1) is 0 Å². The number of methoxy groups -OCH3 is 1. The second-order valence-electron chi connectivity index (χ2n) is 3.19. The van der Waals surface area contributed by atoms with Crippen LogP contribution in [0.15, 0.2) is 17.1 Å². The van der Waals surface area contributed by atoms with Gasteiger partial charge in [0.2, 0.25) is 0 Å². The van der Waals surface area contributed by atoms with Crippen molar-refractivity contribution in [1.29, 1.82) is 5.26 Å². The van der Waals surface area contributed by atoms with Crippen molar-refractivity contribution in [3.63, 3.8) is 0 Å². The lowest BCUT2D eigenvalue weighted by molar-refractivity contribution is 0.417. The SMILES string of the molecule is COc1cc(C#N)cn2[nH]c(=O)c(C)c12. The predicted molar refractivity (Wildman–Crippen MR) is 54.0 cm³/mol. The molecule has 0 atom stereocenters. The summed E-state index contributed by atoms with van der Waals surface area (Å²) in [6.07, 6.45) is 1.56. The third-order valence-corrected chi connectivity index (χ3v) is 2.30. The Morgan fingerprint density at radius 2 is 2.33 bits per heavy atom. The summed E-state index contributed by atoms with van der Waals surface area (Å²) >= 11 is 0. The first-order valence-electron chi connectivity index (χ1n) is 4.36. The molecule has 0 bridgehead atoms. The van der Waals surface area contributed by atoms with Crippen molar-refractivity contribution in [2.75, 3.05) is 7.11 Å². The number of hydrogen-bond acceptors (Lipinski definition) is 3. The molecule has 15 heavy (non-hydrogen) atoms. The van der Waals surface area contributed by atoms with E-state index in [1.807, 2.05) is 6.07 Å². The molecule has 0 aliphatic carbocycles. The Bertz CT molecular complexity index is 616. The summed E-state index contributed by atoms with van der Waals surface area (Å²) in [5.41, 5.74) is 1.51. The van der Waals surface area contributed by atoms with Gasteiger partial charge in [-0.2, -0.15) is 5.26 Å². The van der Waals surface area contributed by atoms with Crippen LogP contribution >= 0.6 is 0 Å². The summed E-state index contributed by atoms with van der Waals surface area (Å²) < 4.78 is 6.64. The van der Waals surface area contributed by atoms with Gasteiger partial charge in [0, 0.05) is 17.8 Å². The first-order valence-corrected chi connectivity index (χ1v) is 4.36. The highest BCUT2D eigenvalue weighted by Gasteiger charge is 2.10. The zero-order chi connectivity index (χ0) is 11.0. The van der Waals surface area contributed by atoms with Gasteiger partial charge >= 0.3 is 0 Å². The first kappa shape index (κ1) is 9.34. The van der Waals surface area contributed by atoms with Crippen LogP contribution in [0.5, 0.6) is 5.75 Å². The minimum absolute atomic E-state index is 0.177. The fourth-order valence-corrected chi connectivity index (χ4v) is 1.54. The number of pyridine rings is 1. The van der Waals surface area contributed by atoms with E-state index in [-0.39, 0.29) is 5.56 Å². The summed E-state index contributed by atoms with van der Waals surface area (Å²) in [5.74, 6) is 0.518. The molecule has 0 spiro atoms. The van der Waals surface area contributed by atoms with Crippen molar-refractivity contribution in [3.8, 4) is 11.8 Å². The summed E-state index contributed by atoms with van der Waals surface area (Å²) in [5, 5.41) is 11.4. The maximum absolute atomic E-state index is 11.4. The largest absolute Gasteiger partial charge is 0.494 e. The van der Waals surface area contributed by atoms with E-state index in [0.29, 0.717) is 22.4 Å². The first-order chi connectivity index (χ1) is 7.17. The number of aryl methyl sites for hydroxylation is 1. The molecular weight excluding hydrogens is 194 g/mol. The van der Waals surface area contributed by atoms with Crippen molar-refractivity contribution in [2.24, 2.45) is 0 Å². The third-order valence-electron chi connectivity index (χ3n) is 2.30. The molecule has 2 aromatic heterocycles. The summed E-state index contributed by atoms with van der Waals surface area (Å²) in [6.45, 7) is 1.71. The highest BCUT2D eigenvalue weighted by Crippen LogP contribution is 2.21. The Balaban J connectivity index is 2.94. The van der Waals surface area contributed by atoms with E-state index in [4.69, 9.17) is 10.00 Å². The highest BCUT2D eigenvalue weighted by atomic mass is 16.5. The molecule has 1 N–H and O–H groups in total. The summed E-state index contributed by atoms with van der Waals surface area (Å²) in [4.78, 5) is 11.4. The van der Waals surface area contributed by atoms with Gasteiger partial charge in [-0.3, -0.25) is 14.4 Å². The number of rotatable bonds is 1. The number of fused-ring (bicyclic) bond motifs is 1. The third kappa shape index (κ3) is 1.27. The van der Waals surface area contributed by atoms with Crippen LogP contribution in [-0.2, 0) is 0 Å². The lowest BCUT2D eigenvalue weighted by Gasteiger charge is -2.03. The fourth-order valence-electron chi connectivity index (χ4n) is 1.54. The van der Waals surface area contributed by atoms with E-state index in [2.05, 4.69) is 5.10 Å². The molecule has 0 unspecified atom stereocenters. The van der Waals surface area contributed by atoms with Crippen LogP contribution in [0.1, 0.15) is 11.1 Å². The maximum atomic E-state index is 11.4. The number of nitriles is 1. The van der Waals surface area contributed by atoms with Gasteiger partial charge in [-0.25, -0.2) is 0 Å². The van der Waals surface area contributed by atoms with Crippen LogP contribution in [0, 0.1) is 18.3 Å². The molecule has 5 heteroatoms. The lowest BCUT2D eigenvalue weighted by atomic mass is 10.2. The van der Waals surface area contributed by atoms with Crippen molar-refractivity contribution in [1.82, 2.24) is 9.61 Å². The van der Waals surface area contributed by atoms with Crippen LogP contribution in [0.3, 0.4) is 0 Å². The Morgan fingerprint density at radius 1 is 1.60 bits per heavy atom. The van der Waals surface area contributed by atoms with E-state index in [9.17, 15) is 4.79 Å². The number of aromatic amines is 1. The monoisotopic (exact) mass is 203 g/mol. The normalized spacial score (nSPS) is 10.2. The van der Waals surface area contributed by atoms with Crippen LogP contribution < -0.4 is 10.3 Å². The molecule has 0 aromatic carbocycles. The second kappa shape index (κ2) is 3.17. The quantitative estimate of drug-likeness (QED) is 0.745. The number of nitrogens with zero attached hydrogens (tertiary/aromatic N) is 2. The van der Waals surface area contributed by atoms with Crippen molar-refractivity contribution >= 4 is 5.52 Å². The Hall–Kier alpha value is -2.22. The van der Waals surface area contributed by atoms with Gasteiger partial charge in [-0.1, -0.05) is 0 Å². The molecule has 5 nitrogen and oxygen atoms in total. The topological polar surface area (TPSA) is 70.3 Å². The van der Waals surface area contributed by atoms with Crippen molar-refractivity contribution in [2.45, 2.75) is 6.92 Å². The van der Waals surface area contributed by atoms with E-state index in [1.54, 1.807) is 19.2 Å². The molecule has 0 radical (unpaired) electrons. The number of ether oxygens (including phenoxy) is 1. The minimum Gasteiger partial charge on any atom is -0.494 e. The number of H-pyrrole nitrogens is 1. The van der Waals surface area contributed by atoms with Gasteiger partial charge in [0.1, 0.15) is 17.3 Å². The minimum atomic E-state index is -0.177. The van der Waals surface area contributed by atoms with Gasteiger partial charge in [-0.05, 0) is 6.92 Å². The summed E-state index contributed by atoms with van der Waals surface area (Å²) in [6, 6.07) is 3.61. The Kier molecular flexibility index (Phi) is 1.97. The highest BCUT2D eigenvalue weighted by molar-refractivity contribution is 5.65. The Labute approximate surface area is 85.5 Å². The molecule has 2 heterocycles. The number of aromatic nitrogens is 2. The van der Waals surface area contributed by atoms with Crippen LogP contribution in [0.25, 0.3) is 5.52 Å². The smallest absolute Gasteiger partial charge is 0.268 e. The zero-order valence-electron chi connectivity index (χ0n) is 8.37. The standard InChI is InChI=1S/C10H9N3O2/c1-6-9-8(15-2)3-7(4-11)5-13(9)12-10(6)14/h3,5H,1-2H3,(H,12,14). The van der Waals surface area contributed by atoms with E-state index >= 15 is 0 Å². The van der Waals surface area contributed by atoms with E-state index < -0.39 is 0 Å². The van der Waals surface area contributed by atoms with E-state index in [0.717, 1.165) is 0 Å². The average molecular weight is 203 g/mol. The fraction of sp³-hybridized carbons (Fsp3) is 0.200. The lowest BCUT2D eigenvalue weighted by Crippen LogP contribution is -2.01. The molecule has 0 fully saturated rings. The van der Waals surface area contributed by atoms with Crippen molar-refractivity contribution in [3.05, 3.63) is 33.7 Å². The van der Waals surface area contributed by atoms with Crippen LogP contribution in [0.2, 0.25) is 0 Å². The number of nitrogens with one attached hydrogen (secondary N) is 1. The maximum Gasteiger partial charge on any atom is 0.268 e. The molecule has 0 saturated heterocycles. The molecule has 0 amide bonds. The predicted octanol–water partition coefficient (Wildman–Crippen LogP) is 0.816. The molecule has 2 rings (SSSR count).